The van der Waals surface area contributed by atoms with Gasteiger partial charge in [0.25, 0.3) is 0 Å². The predicted molar refractivity (Wildman–Crippen MR) is 80.0 cm³/mol. The number of benzene rings is 1. The highest BCUT2D eigenvalue weighted by atomic mass is 35.5. The zero-order chi connectivity index (χ0) is 16.1. The fourth-order valence-corrected chi connectivity index (χ4v) is 2.00. The molecule has 7 heteroatoms. The largest absolute Gasteiger partial charge is 0.467 e. The number of urea groups is 1. The van der Waals surface area contributed by atoms with Crippen LogP contribution in [0.5, 0.6) is 0 Å². The Labute approximate surface area is 132 Å². The van der Waals surface area contributed by atoms with Crippen LogP contribution in [0.25, 0.3) is 0 Å². The van der Waals surface area contributed by atoms with Gasteiger partial charge in [-0.3, -0.25) is 0 Å². The predicted octanol–water partition coefficient (Wildman–Crippen LogP) is 3.17. The molecule has 5 nitrogen and oxygen atoms in total. The molecule has 0 aliphatic rings. The first-order valence-electron chi connectivity index (χ1n) is 6.68. The van der Waals surface area contributed by atoms with Crippen LogP contribution in [0, 0.1) is 5.82 Å². The molecule has 0 aliphatic heterocycles. The third-order valence-electron chi connectivity index (χ3n) is 3.10. The number of amides is 2. The lowest BCUT2D eigenvalue weighted by Crippen LogP contribution is -2.39. The van der Waals surface area contributed by atoms with E-state index in [0.717, 1.165) is 6.07 Å². The van der Waals surface area contributed by atoms with Crippen LogP contribution in [0.15, 0.2) is 41.0 Å². The molecule has 0 bridgehead atoms. The minimum absolute atomic E-state index is 0.0195. The Hall–Kier alpha value is -2.05. The summed E-state index contributed by atoms with van der Waals surface area (Å²) < 4.78 is 18.5. The first kappa shape index (κ1) is 16.3. The first-order valence-corrected chi connectivity index (χ1v) is 7.06. The summed E-state index contributed by atoms with van der Waals surface area (Å²) in [5.74, 6) is 0.00424. The average molecular weight is 327 g/mol. The van der Waals surface area contributed by atoms with Gasteiger partial charge >= 0.3 is 6.03 Å². The average Bonchev–Trinajstić information content (AvgIpc) is 3.02. The van der Waals surface area contributed by atoms with E-state index in [1.807, 2.05) is 0 Å². The molecule has 0 saturated carbocycles. The molecule has 1 aromatic heterocycles. The van der Waals surface area contributed by atoms with Crippen molar-refractivity contribution in [1.82, 2.24) is 10.6 Å². The zero-order valence-electron chi connectivity index (χ0n) is 11.8. The number of hydrogen-bond acceptors (Lipinski definition) is 3. The highest BCUT2D eigenvalue weighted by molar-refractivity contribution is 6.30. The van der Waals surface area contributed by atoms with Gasteiger partial charge in [0.05, 0.1) is 23.4 Å². The third kappa shape index (κ3) is 4.22. The topological polar surface area (TPSA) is 74.5 Å². The van der Waals surface area contributed by atoms with Crippen molar-refractivity contribution < 1.29 is 18.7 Å². The van der Waals surface area contributed by atoms with Gasteiger partial charge in [0, 0.05) is 6.54 Å². The monoisotopic (exact) mass is 326 g/mol. The Bertz CT molecular complexity index is 634. The van der Waals surface area contributed by atoms with Gasteiger partial charge in [-0.15, -0.1) is 0 Å². The lowest BCUT2D eigenvalue weighted by Gasteiger charge is -2.15. The van der Waals surface area contributed by atoms with Gasteiger partial charge in [-0.1, -0.05) is 17.7 Å². The van der Waals surface area contributed by atoms with Gasteiger partial charge in [0.1, 0.15) is 11.6 Å². The van der Waals surface area contributed by atoms with Crippen LogP contribution in [0.4, 0.5) is 9.18 Å². The summed E-state index contributed by atoms with van der Waals surface area (Å²) in [7, 11) is 0. The van der Waals surface area contributed by atoms with Crippen LogP contribution in [0.1, 0.15) is 30.4 Å². The van der Waals surface area contributed by atoms with E-state index >= 15 is 0 Å². The van der Waals surface area contributed by atoms with Crippen molar-refractivity contribution in [2.24, 2.45) is 0 Å². The molecular weight excluding hydrogens is 311 g/mol. The van der Waals surface area contributed by atoms with Crippen molar-refractivity contribution in [1.29, 1.82) is 0 Å². The molecule has 0 unspecified atom stereocenters. The van der Waals surface area contributed by atoms with Crippen molar-refractivity contribution in [2.45, 2.75) is 19.1 Å². The number of aliphatic hydroxyl groups excluding tert-OH is 1. The quantitative estimate of drug-likeness (QED) is 0.790. The number of carbonyl (C=O) groups excluding carboxylic acids is 1. The fraction of sp³-hybridized carbons (Fsp3) is 0.267. The highest BCUT2D eigenvalue weighted by Gasteiger charge is 2.14. The van der Waals surface area contributed by atoms with E-state index < -0.39 is 18.0 Å². The fourth-order valence-electron chi connectivity index (χ4n) is 1.88. The number of carbonyl (C=O) groups is 1. The Morgan fingerprint density at radius 3 is 2.86 bits per heavy atom. The van der Waals surface area contributed by atoms with Crippen molar-refractivity contribution in [3.05, 3.63) is 58.8 Å². The van der Waals surface area contributed by atoms with Gasteiger partial charge in [-0.2, -0.15) is 0 Å². The van der Waals surface area contributed by atoms with Crippen LogP contribution >= 0.6 is 11.6 Å². The summed E-state index contributed by atoms with van der Waals surface area (Å²) in [4.78, 5) is 11.7. The summed E-state index contributed by atoms with van der Waals surface area (Å²) in [6.07, 6.45) is 0.487. The molecule has 118 valence electrons. The second kappa shape index (κ2) is 7.29. The molecule has 0 spiro atoms. The van der Waals surface area contributed by atoms with E-state index in [2.05, 4.69) is 10.6 Å². The van der Waals surface area contributed by atoms with Gasteiger partial charge < -0.3 is 20.2 Å². The number of nitrogens with one attached hydrogen (secondary N) is 2. The lowest BCUT2D eigenvalue weighted by molar-refractivity contribution is 0.172. The minimum atomic E-state index is -1.03. The lowest BCUT2D eigenvalue weighted by atomic mass is 10.1. The molecule has 0 saturated heterocycles. The van der Waals surface area contributed by atoms with Crippen LogP contribution in [0.2, 0.25) is 5.02 Å². The molecule has 3 N–H and O–H groups in total. The van der Waals surface area contributed by atoms with Crippen molar-refractivity contribution in [2.75, 3.05) is 6.54 Å². The molecule has 2 aromatic rings. The van der Waals surface area contributed by atoms with Gasteiger partial charge in [0.2, 0.25) is 0 Å². The van der Waals surface area contributed by atoms with Crippen molar-refractivity contribution in [3.63, 3.8) is 0 Å². The minimum Gasteiger partial charge on any atom is -0.467 e. The summed E-state index contributed by atoms with van der Waals surface area (Å²) in [5, 5.41) is 15.1. The Kier molecular flexibility index (Phi) is 5.41. The van der Waals surface area contributed by atoms with E-state index in [0.29, 0.717) is 11.3 Å². The van der Waals surface area contributed by atoms with E-state index in [1.165, 1.54) is 18.4 Å². The third-order valence-corrected chi connectivity index (χ3v) is 3.41. The maximum absolute atomic E-state index is 13.3. The van der Waals surface area contributed by atoms with E-state index in [1.54, 1.807) is 19.1 Å². The van der Waals surface area contributed by atoms with Crippen molar-refractivity contribution in [3.8, 4) is 0 Å². The van der Waals surface area contributed by atoms with Crippen molar-refractivity contribution >= 4 is 17.6 Å². The van der Waals surface area contributed by atoms with Crippen LogP contribution < -0.4 is 10.6 Å². The van der Waals surface area contributed by atoms with Crippen LogP contribution in [-0.4, -0.2) is 17.7 Å². The molecule has 1 heterocycles. The molecule has 1 aromatic carbocycles. The van der Waals surface area contributed by atoms with Gasteiger partial charge in [0.15, 0.2) is 0 Å². The highest BCUT2D eigenvalue weighted by Crippen LogP contribution is 2.20. The standard InChI is InChI=1S/C15H16ClFN2O3/c1-9(14-3-2-6-22-14)19-15(21)18-8-13(20)10-4-5-11(16)12(17)7-10/h2-7,9,13,20H,8H2,1H3,(H2,18,19,21)/t9-,13+/m1/s1. The number of furan rings is 1. The molecule has 22 heavy (non-hydrogen) atoms. The molecule has 0 fully saturated rings. The van der Waals surface area contributed by atoms with E-state index in [9.17, 15) is 14.3 Å². The van der Waals surface area contributed by atoms with Crippen LogP contribution in [0.3, 0.4) is 0 Å². The SMILES string of the molecule is C[C@@H](NC(=O)NC[C@H](O)c1ccc(Cl)c(F)c1)c1ccco1. The summed E-state index contributed by atoms with van der Waals surface area (Å²) in [6, 6.07) is 6.70. The number of hydrogen-bond donors (Lipinski definition) is 3. The normalized spacial score (nSPS) is 13.5. The molecule has 2 rings (SSSR count). The summed E-state index contributed by atoms with van der Waals surface area (Å²) in [5.41, 5.74) is 0.335. The first-order chi connectivity index (χ1) is 10.5. The second-order valence-corrected chi connectivity index (χ2v) is 5.19. The van der Waals surface area contributed by atoms with E-state index in [4.69, 9.17) is 16.0 Å². The summed E-state index contributed by atoms with van der Waals surface area (Å²) >= 11 is 5.57. The number of halogens is 2. The summed E-state index contributed by atoms with van der Waals surface area (Å²) in [6.45, 7) is 1.71. The maximum atomic E-state index is 13.3. The maximum Gasteiger partial charge on any atom is 0.315 e. The molecule has 0 radical (unpaired) electrons. The smallest absolute Gasteiger partial charge is 0.315 e. The molecule has 2 amide bonds. The Balaban J connectivity index is 1.83. The molecule has 2 atom stereocenters. The zero-order valence-corrected chi connectivity index (χ0v) is 12.6. The van der Waals surface area contributed by atoms with Crippen LogP contribution in [-0.2, 0) is 0 Å². The Morgan fingerprint density at radius 1 is 1.45 bits per heavy atom. The van der Waals surface area contributed by atoms with Gasteiger partial charge in [-0.25, -0.2) is 9.18 Å². The van der Waals surface area contributed by atoms with Gasteiger partial charge in [-0.05, 0) is 36.8 Å². The number of aliphatic hydroxyl groups is 1. The molecular formula is C15H16ClFN2O3. The second-order valence-electron chi connectivity index (χ2n) is 4.78. The van der Waals surface area contributed by atoms with E-state index in [-0.39, 0.29) is 17.6 Å². The number of rotatable bonds is 5. The molecule has 0 aliphatic carbocycles. The Morgan fingerprint density at radius 2 is 2.23 bits per heavy atom.